The lowest BCUT2D eigenvalue weighted by Gasteiger charge is -2.16. The fourth-order valence-corrected chi connectivity index (χ4v) is 1.38. The van der Waals surface area contributed by atoms with Gasteiger partial charge < -0.3 is 14.6 Å². The first-order chi connectivity index (χ1) is 6.99. The molecule has 2 unspecified atom stereocenters. The SMILES string of the molecule is OC(COCCC(F)(F)F)C1CCOC1. The fraction of sp³-hybridized carbons (Fsp3) is 1.00. The summed E-state index contributed by atoms with van der Waals surface area (Å²) in [5, 5.41) is 9.49. The van der Waals surface area contributed by atoms with E-state index in [1.54, 1.807) is 0 Å². The summed E-state index contributed by atoms with van der Waals surface area (Å²) in [6, 6.07) is 0. The average molecular weight is 228 g/mol. The largest absolute Gasteiger partial charge is 0.391 e. The van der Waals surface area contributed by atoms with Gasteiger partial charge in [-0.1, -0.05) is 0 Å². The molecule has 1 aliphatic rings. The first kappa shape index (κ1) is 12.7. The highest BCUT2D eigenvalue weighted by atomic mass is 19.4. The van der Waals surface area contributed by atoms with E-state index >= 15 is 0 Å². The molecule has 3 nitrogen and oxygen atoms in total. The van der Waals surface area contributed by atoms with Gasteiger partial charge in [0.05, 0.1) is 32.3 Å². The third kappa shape index (κ3) is 5.34. The highest BCUT2D eigenvalue weighted by Crippen LogP contribution is 2.20. The lowest BCUT2D eigenvalue weighted by molar-refractivity contribution is -0.148. The zero-order valence-electron chi connectivity index (χ0n) is 8.29. The number of halogens is 3. The van der Waals surface area contributed by atoms with Crippen molar-refractivity contribution >= 4 is 0 Å². The Hall–Kier alpha value is -0.330. The van der Waals surface area contributed by atoms with Crippen molar-refractivity contribution < 1.29 is 27.8 Å². The van der Waals surface area contributed by atoms with Crippen molar-refractivity contribution in [3.05, 3.63) is 0 Å². The molecular formula is C9H15F3O3. The van der Waals surface area contributed by atoms with Crippen molar-refractivity contribution in [1.82, 2.24) is 0 Å². The summed E-state index contributed by atoms with van der Waals surface area (Å²) in [6.07, 6.45) is -5.15. The second-order valence-corrected chi connectivity index (χ2v) is 3.63. The monoisotopic (exact) mass is 228 g/mol. The lowest BCUT2D eigenvalue weighted by atomic mass is 10.0. The molecule has 1 rings (SSSR count). The predicted octanol–water partition coefficient (Wildman–Crippen LogP) is 1.35. The van der Waals surface area contributed by atoms with Crippen LogP contribution in [0.3, 0.4) is 0 Å². The van der Waals surface area contributed by atoms with Crippen LogP contribution in [0.5, 0.6) is 0 Å². The highest BCUT2D eigenvalue weighted by molar-refractivity contribution is 4.72. The molecule has 90 valence electrons. The van der Waals surface area contributed by atoms with E-state index in [4.69, 9.17) is 9.47 Å². The molecule has 0 aromatic heterocycles. The van der Waals surface area contributed by atoms with Gasteiger partial charge in [0, 0.05) is 12.5 Å². The van der Waals surface area contributed by atoms with Crippen LogP contribution in [-0.2, 0) is 9.47 Å². The van der Waals surface area contributed by atoms with Crippen molar-refractivity contribution in [3.63, 3.8) is 0 Å². The molecule has 0 bridgehead atoms. The summed E-state index contributed by atoms with van der Waals surface area (Å²) in [6.45, 7) is 0.617. The minimum Gasteiger partial charge on any atom is -0.390 e. The third-order valence-corrected chi connectivity index (χ3v) is 2.33. The number of alkyl halides is 3. The van der Waals surface area contributed by atoms with E-state index in [1.165, 1.54) is 0 Å². The zero-order valence-corrected chi connectivity index (χ0v) is 8.29. The minimum absolute atomic E-state index is 0.00381. The minimum atomic E-state index is -4.19. The number of aliphatic hydroxyl groups is 1. The van der Waals surface area contributed by atoms with E-state index in [2.05, 4.69) is 0 Å². The smallest absolute Gasteiger partial charge is 0.390 e. The summed E-state index contributed by atoms with van der Waals surface area (Å²) in [4.78, 5) is 0. The van der Waals surface area contributed by atoms with Crippen molar-refractivity contribution in [2.75, 3.05) is 26.4 Å². The second-order valence-electron chi connectivity index (χ2n) is 3.63. The van der Waals surface area contributed by atoms with Crippen LogP contribution in [-0.4, -0.2) is 43.8 Å². The Labute approximate surface area is 86.2 Å². The molecule has 1 saturated heterocycles. The molecule has 1 heterocycles. The molecule has 2 atom stereocenters. The topological polar surface area (TPSA) is 38.7 Å². The second kappa shape index (κ2) is 5.67. The molecule has 15 heavy (non-hydrogen) atoms. The fourth-order valence-electron chi connectivity index (χ4n) is 1.38. The molecule has 0 aromatic carbocycles. The standard InChI is InChI=1S/C9H15F3O3/c10-9(11,12)2-4-15-6-8(13)7-1-3-14-5-7/h7-8,13H,1-6H2. The van der Waals surface area contributed by atoms with E-state index in [0.717, 1.165) is 6.42 Å². The van der Waals surface area contributed by atoms with Gasteiger partial charge in [-0.25, -0.2) is 0 Å². The van der Waals surface area contributed by atoms with Crippen LogP contribution in [0.2, 0.25) is 0 Å². The molecule has 1 aliphatic heterocycles. The van der Waals surface area contributed by atoms with Gasteiger partial charge in [0.2, 0.25) is 0 Å². The number of ether oxygens (including phenoxy) is 2. The lowest BCUT2D eigenvalue weighted by Crippen LogP contribution is -2.26. The maximum absolute atomic E-state index is 11.7. The van der Waals surface area contributed by atoms with Crippen LogP contribution in [0.25, 0.3) is 0 Å². The maximum atomic E-state index is 11.7. The summed E-state index contributed by atoms with van der Waals surface area (Å²) in [5.41, 5.74) is 0. The van der Waals surface area contributed by atoms with E-state index in [0.29, 0.717) is 13.2 Å². The van der Waals surface area contributed by atoms with Gasteiger partial charge in [-0.3, -0.25) is 0 Å². The molecule has 0 aliphatic carbocycles. The Morgan fingerprint density at radius 3 is 2.73 bits per heavy atom. The molecule has 0 saturated carbocycles. The number of hydrogen-bond donors (Lipinski definition) is 1. The Kier molecular flexibility index (Phi) is 4.82. The van der Waals surface area contributed by atoms with E-state index in [1.807, 2.05) is 0 Å². The normalized spacial score (nSPS) is 24.4. The quantitative estimate of drug-likeness (QED) is 0.722. The van der Waals surface area contributed by atoms with Gasteiger partial charge >= 0.3 is 6.18 Å². The Morgan fingerprint density at radius 2 is 2.20 bits per heavy atom. The molecule has 1 N–H and O–H groups in total. The van der Waals surface area contributed by atoms with Crippen molar-refractivity contribution in [1.29, 1.82) is 0 Å². The van der Waals surface area contributed by atoms with E-state index in [-0.39, 0.29) is 12.5 Å². The van der Waals surface area contributed by atoms with Crippen LogP contribution in [0.1, 0.15) is 12.8 Å². The summed E-state index contributed by atoms with van der Waals surface area (Å²) >= 11 is 0. The van der Waals surface area contributed by atoms with Gasteiger partial charge in [0.15, 0.2) is 0 Å². The Morgan fingerprint density at radius 1 is 1.47 bits per heavy atom. The summed E-state index contributed by atoms with van der Waals surface area (Å²) < 4.78 is 45.0. The number of rotatable bonds is 5. The van der Waals surface area contributed by atoms with Crippen LogP contribution in [0.15, 0.2) is 0 Å². The first-order valence-electron chi connectivity index (χ1n) is 4.89. The van der Waals surface area contributed by atoms with Gasteiger partial charge in [-0.05, 0) is 6.42 Å². The van der Waals surface area contributed by atoms with Crippen molar-refractivity contribution in [2.24, 2.45) is 5.92 Å². The number of aliphatic hydroxyl groups excluding tert-OH is 1. The molecule has 0 radical (unpaired) electrons. The Bertz CT molecular complexity index is 178. The first-order valence-corrected chi connectivity index (χ1v) is 4.89. The van der Waals surface area contributed by atoms with Crippen LogP contribution < -0.4 is 0 Å². The Balaban J connectivity index is 2.04. The van der Waals surface area contributed by atoms with Crippen LogP contribution in [0.4, 0.5) is 13.2 Å². The summed E-state index contributed by atoms with van der Waals surface area (Å²) in [7, 11) is 0. The maximum Gasteiger partial charge on any atom is 0.391 e. The molecule has 6 heteroatoms. The van der Waals surface area contributed by atoms with Gasteiger partial charge in [0.1, 0.15) is 0 Å². The van der Waals surface area contributed by atoms with E-state index in [9.17, 15) is 18.3 Å². The predicted molar refractivity (Wildman–Crippen MR) is 46.4 cm³/mol. The average Bonchev–Trinajstić information content (AvgIpc) is 2.63. The molecule has 0 amide bonds. The molecule has 1 fully saturated rings. The van der Waals surface area contributed by atoms with Gasteiger partial charge in [0.25, 0.3) is 0 Å². The van der Waals surface area contributed by atoms with Crippen molar-refractivity contribution in [2.45, 2.75) is 25.1 Å². The van der Waals surface area contributed by atoms with Crippen LogP contribution >= 0.6 is 0 Å². The van der Waals surface area contributed by atoms with Gasteiger partial charge in [-0.2, -0.15) is 13.2 Å². The third-order valence-electron chi connectivity index (χ3n) is 2.33. The number of hydrogen-bond acceptors (Lipinski definition) is 3. The zero-order chi connectivity index (χ0) is 11.3. The highest BCUT2D eigenvalue weighted by Gasteiger charge is 2.27. The molecule has 0 spiro atoms. The van der Waals surface area contributed by atoms with Crippen LogP contribution in [0, 0.1) is 5.92 Å². The summed E-state index contributed by atoms with van der Waals surface area (Å²) in [5.74, 6) is -0.00381. The van der Waals surface area contributed by atoms with Gasteiger partial charge in [-0.15, -0.1) is 0 Å². The molecule has 0 aromatic rings. The van der Waals surface area contributed by atoms with Crippen molar-refractivity contribution in [3.8, 4) is 0 Å². The molecular weight excluding hydrogens is 213 g/mol. The van der Waals surface area contributed by atoms with E-state index < -0.39 is 25.3 Å².